The average molecular weight is 296 g/mol. The Morgan fingerprint density at radius 3 is 2.57 bits per heavy atom. The Balaban J connectivity index is 2.80. The summed E-state index contributed by atoms with van der Waals surface area (Å²) >= 11 is 0. The number of anilines is 1. The number of nitrogens with one attached hydrogen (secondary N) is 1. The minimum atomic E-state index is -1.28. The highest BCUT2D eigenvalue weighted by atomic mass is 16.4. The lowest BCUT2D eigenvalue weighted by molar-refractivity contribution is 0.0693. The highest BCUT2D eigenvalue weighted by molar-refractivity contribution is 5.95. The maximum absolute atomic E-state index is 12.1. The van der Waals surface area contributed by atoms with E-state index < -0.39 is 12.0 Å². The van der Waals surface area contributed by atoms with Crippen molar-refractivity contribution in [1.82, 2.24) is 4.90 Å². The molecule has 1 aromatic carbocycles. The first-order chi connectivity index (χ1) is 9.99. The Kier molecular flexibility index (Phi) is 6.48. The molecule has 0 unspecified atom stereocenters. The van der Waals surface area contributed by atoms with Crippen LogP contribution in [0.1, 0.15) is 30.1 Å². The number of hydrogen-bond donors (Lipinski definition) is 4. The number of amides is 2. The molecule has 0 aliphatic carbocycles. The van der Waals surface area contributed by atoms with Gasteiger partial charge in [0.1, 0.15) is 11.3 Å². The van der Waals surface area contributed by atoms with Crippen LogP contribution in [0.5, 0.6) is 5.75 Å². The summed E-state index contributed by atoms with van der Waals surface area (Å²) in [7, 11) is 0. The lowest BCUT2D eigenvalue weighted by Crippen LogP contribution is -2.37. The van der Waals surface area contributed by atoms with Crippen LogP contribution in [0, 0.1) is 0 Å². The maximum Gasteiger partial charge on any atom is 0.339 e. The van der Waals surface area contributed by atoms with Crippen molar-refractivity contribution in [1.29, 1.82) is 0 Å². The molecular formula is C14H20N2O5. The number of aliphatic hydroxyl groups excluding tert-OH is 1. The van der Waals surface area contributed by atoms with Gasteiger partial charge in [-0.05, 0) is 24.6 Å². The molecule has 0 aromatic heterocycles. The van der Waals surface area contributed by atoms with Crippen molar-refractivity contribution in [2.45, 2.75) is 19.8 Å². The molecule has 7 heteroatoms. The van der Waals surface area contributed by atoms with E-state index in [1.807, 2.05) is 6.92 Å². The van der Waals surface area contributed by atoms with E-state index in [-0.39, 0.29) is 30.2 Å². The molecule has 1 aromatic rings. The minimum absolute atomic E-state index is 0.146. The van der Waals surface area contributed by atoms with E-state index in [1.54, 1.807) is 0 Å². The summed E-state index contributed by atoms with van der Waals surface area (Å²) in [6.07, 6.45) is 1.72. The maximum atomic E-state index is 12.1. The van der Waals surface area contributed by atoms with Crippen LogP contribution < -0.4 is 5.32 Å². The van der Waals surface area contributed by atoms with Crippen LogP contribution >= 0.6 is 0 Å². The zero-order valence-corrected chi connectivity index (χ0v) is 11.9. The van der Waals surface area contributed by atoms with E-state index in [2.05, 4.69) is 5.32 Å². The second-order valence-corrected chi connectivity index (χ2v) is 4.53. The minimum Gasteiger partial charge on any atom is -0.507 e. The zero-order valence-electron chi connectivity index (χ0n) is 11.9. The normalized spacial score (nSPS) is 10.2. The molecule has 21 heavy (non-hydrogen) atoms. The zero-order chi connectivity index (χ0) is 15.8. The first-order valence-electron chi connectivity index (χ1n) is 6.72. The first-order valence-corrected chi connectivity index (χ1v) is 6.72. The molecule has 0 radical (unpaired) electrons. The van der Waals surface area contributed by atoms with Crippen LogP contribution in [-0.2, 0) is 0 Å². The van der Waals surface area contributed by atoms with Crippen molar-refractivity contribution in [2.24, 2.45) is 0 Å². The number of aromatic carboxylic acids is 1. The van der Waals surface area contributed by atoms with Gasteiger partial charge in [0.25, 0.3) is 0 Å². The quantitative estimate of drug-likeness (QED) is 0.573. The third kappa shape index (κ3) is 4.96. The van der Waals surface area contributed by atoms with E-state index in [1.165, 1.54) is 23.1 Å². The molecule has 7 nitrogen and oxygen atoms in total. The number of urea groups is 1. The van der Waals surface area contributed by atoms with Crippen molar-refractivity contribution in [3.8, 4) is 5.75 Å². The van der Waals surface area contributed by atoms with Crippen LogP contribution in [0.4, 0.5) is 10.5 Å². The number of carbonyl (C=O) groups excluding carboxylic acids is 1. The van der Waals surface area contributed by atoms with Crippen molar-refractivity contribution in [2.75, 3.05) is 25.0 Å². The van der Waals surface area contributed by atoms with Crippen LogP contribution in [0.2, 0.25) is 0 Å². The van der Waals surface area contributed by atoms with Crippen molar-refractivity contribution >= 4 is 17.7 Å². The largest absolute Gasteiger partial charge is 0.507 e. The lowest BCUT2D eigenvalue weighted by Gasteiger charge is -2.22. The van der Waals surface area contributed by atoms with Gasteiger partial charge in [0.05, 0.1) is 6.61 Å². The van der Waals surface area contributed by atoms with Gasteiger partial charge in [0, 0.05) is 18.8 Å². The second-order valence-electron chi connectivity index (χ2n) is 4.53. The Labute approximate surface area is 122 Å². The number of aliphatic hydroxyl groups is 1. The summed E-state index contributed by atoms with van der Waals surface area (Å²) in [5.41, 5.74) is -0.00953. The number of carboxylic acid groups (broad SMARTS) is 1. The SMILES string of the molecule is CCCCN(CCO)C(=O)Nc1ccc(O)c(C(=O)O)c1. The third-order valence-corrected chi connectivity index (χ3v) is 2.92. The molecule has 0 fully saturated rings. The summed E-state index contributed by atoms with van der Waals surface area (Å²) in [6, 6.07) is 3.39. The van der Waals surface area contributed by atoms with E-state index in [9.17, 15) is 14.7 Å². The van der Waals surface area contributed by atoms with Crippen LogP contribution in [0.25, 0.3) is 0 Å². The summed E-state index contributed by atoms with van der Waals surface area (Å²) < 4.78 is 0. The summed E-state index contributed by atoms with van der Waals surface area (Å²) in [6.45, 7) is 2.56. The van der Waals surface area contributed by atoms with E-state index in [4.69, 9.17) is 10.2 Å². The molecule has 2 amide bonds. The highest BCUT2D eigenvalue weighted by Crippen LogP contribution is 2.21. The van der Waals surface area contributed by atoms with E-state index >= 15 is 0 Å². The van der Waals surface area contributed by atoms with Gasteiger partial charge >= 0.3 is 12.0 Å². The molecule has 0 aliphatic rings. The second kappa shape index (κ2) is 8.11. The number of aromatic hydroxyl groups is 1. The number of hydrogen-bond acceptors (Lipinski definition) is 4. The lowest BCUT2D eigenvalue weighted by atomic mass is 10.2. The molecule has 0 heterocycles. The Bertz CT molecular complexity index is 504. The molecule has 0 bridgehead atoms. The Hall–Kier alpha value is -2.28. The van der Waals surface area contributed by atoms with Crippen molar-refractivity contribution in [3.63, 3.8) is 0 Å². The number of benzene rings is 1. The van der Waals surface area contributed by atoms with Gasteiger partial charge in [-0.25, -0.2) is 9.59 Å². The summed E-state index contributed by atoms with van der Waals surface area (Å²) in [4.78, 5) is 24.4. The van der Waals surface area contributed by atoms with E-state index in [0.717, 1.165) is 12.8 Å². The molecule has 116 valence electrons. The predicted molar refractivity (Wildman–Crippen MR) is 77.7 cm³/mol. The number of nitrogens with zero attached hydrogens (tertiary/aromatic N) is 1. The first kappa shape index (κ1) is 16.8. The van der Waals surface area contributed by atoms with Gasteiger partial charge in [-0.3, -0.25) is 0 Å². The summed E-state index contributed by atoms with van der Waals surface area (Å²) in [5.74, 6) is -1.64. The molecule has 0 saturated heterocycles. The Morgan fingerprint density at radius 1 is 1.29 bits per heavy atom. The smallest absolute Gasteiger partial charge is 0.339 e. The van der Waals surface area contributed by atoms with Gasteiger partial charge in [-0.2, -0.15) is 0 Å². The standard InChI is InChI=1S/C14H20N2O5/c1-2-3-6-16(7-8-17)14(21)15-10-4-5-12(18)11(9-10)13(19)20/h4-5,9,17-18H,2-3,6-8H2,1H3,(H,15,21)(H,19,20). The molecule has 0 aliphatic heterocycles. The van der Waals surface area contributed by atoms with Crippen molar-refractivity contribution < 1.29 is 24.9 Å². The van der Waals surface area contributed by atoms with Gasteiger partial charge in [0.2, 0.25) is 0 Å². The van der Waals surface area contributed by atoms with Gasteiger partial charge in [-0.15, -0.1) is 0 Å². The third-order valence-electron chi connectivity index (χ3n) is 2.92. The average Bonchev–Trinajstić information content (AvgIpc) is 2.45. The highest BCUT2D eigenvalue weighted by Gasteiger charge is 2.15. The van der Waals surface area contributed by atoms with Crippen LogP contribution in [0.3, 0.4) is 0 Å². The fourth-order valence-corrected chi connectivity index (χ4v) is 1.77. The number of carboxylic acids is 1. The van der Waals surface area contributed by atoms with Gasteiger partial charge in [-0.1, -0.05) is 13.3 Å². The number of phenols is 1. The molecule has 1 rings (SSSR count). The number of unbranched alkanes of at least 4 members (excludes halogenated alkanes) is 1. The van der Waals surface area contributed by atoms with E-state index in [0.29, 0.717) is 6.54 Å². The molecule has 0 atom stereocenters. The predicted octanol–water partition coefficient (Wildman–Crippen LogP) is 1.72. The van der Waals surface area contributed by atoms with Crippen molar-refractivity contribution in [3.05, 3.63) is 23.8 Å². The van der Waals surface area contributed by atoms with Crippen LogP contribution in [0.15, 0.2) is 18.2 Å². The number of carbonyl (C=O) groups is 2. The van der Waals surface area contributed by atoms with Gasteiger partial charge < -0.3 is 25.5 Å². The molecule has 4 N–H and O–H groups in total. The molecule has 0 saturated carbocycles. The van der Waals surface area contributed by atoms with Crippen LogP contribution in [-0.4, -0.2) is 51.9 Å². The Morgan fingerprint density at radius 2 is 2.00 bits per heavy atom. The topological polar surface area (TPSA) is 110 Å². The summed E-state index contributed by atoms with van der Waals surface area (Å²) in [5, 5.41) is 29.9. The number of rotatable bonds is 7. The monoisotopic (exact) mass is 296 g/mol. The fraction of sp³-hybridized carbons (Fsp3) is 0.429. The molecule has 0 spiro atoms. The molecular weight excluding hydrogens is 276 g/mol. The fourth-order valence-electron chi connectivity index (χ4n) is 1.77. The van der Waals surface area contributed by atoms with Gasteiger partial charge in [0.15, 0.2) is 0 Å².